The number of nitrogens with one attached hydrogen (secondary N) is 2. The van der Waals surface area contributed by atoms with Gasteiger partial charge in [-0.2, -0.15) is 10.2 Å². The molecule has 16 nitrogen and oxygen atoms in total. The van der Waals surface area contributed by atoms with E-state index in [9.17, 15) is 36.6 Å². The largest absolute Gasteiger partial charge is 0.487 e. The van der Waals surface area contributed by atoms with Gasteiger partial charge in [0.2, 0.25) is 0 Å². The number of anilines is 2. The lowest BCUT2D eigenvalue weighted by atomic mass is 9.99. The first-order valence-electron chi connectivity index (χ1n) is 16.9. The van der Waals surface area contributed by atoms with Crippen LogP contribution >= 0.6 is 23.2 Å². The smallest absolute Gasteiger partial charge is 0.337 e. The normalized spacial score (nSPS) is 15.8. The fourth-order valence-electron chi connectivity index (χ4n) is 5.99. The maximum Gasteiger partial charge on any atom is 0.337 e. The highest BCUT2D eigenvalue weighted by Crippen LogP contribution is 2.31. The van der Waals surface area contributed by atoms with Gasteiger partial charge in [0, 0.05) is 29.2 Å². The van der Waals surface area contributed by atoms with E-state index in [0.717, 1.165) is 12.4 Å². The van der Waals surface area contributed by atoms with Gasteiger partial charge in [0.05, 0.1) is 58.7 Å². The fourth-order valence-corrected chi connectivity index (χ4v) is 8.26. The quantitative estimate of drug-likeness (QED) is 0.0991. The molecule has 0 saturated carbocycles. The molecule has 1 saturated heterocycles. The molecule has 0 unspecified atom stereocenters. The molecule has 0 amide bonds. The molecular formula is C37H31Cl2N7O9S2. The molecular weight excluding hydrogens is 821 g/mol. The Morgan fingerprint density at radius 2 is 1.21 bits per heavy atom. The van der Waals surface area contributed by atoms with E-state index in [1.54, 1.807) is 54.6 Å². The van der Waals surface area contributed by atoms with Crippen molar-refractivity contribution in [1.82, 2.24) is 24.5 Å². The fraction of sp³-hybridized carbons (Fsp3) is 0.135. The second-order valence-corrected chi connectivity index (χ2v) is 17.2. The summed E-state index contributed by atoms with van der Waals surface area (Å²) in [4.78, 5) is 26.1. The lowest BCUT2D eigenvalue weighted by Crippen LogP contribution is -2.60. The Morgan fingerprint density at radius 3 is 1.68 bits per heavy atom. The molecule has 7 rings (SSSR count). The third-order valence-electron chi connectivity index (χ3n) is 9.15. The van der Waals surface area contributed by atoms with Crippen LogP contribution in [0.25, 0.3) is 11.4 Å². The monoisotopic (exact) mass is 851 g/mol. The molecule has 1 aliphatic rings. The lowest BCUT2D eigenvalue weighted by Gasteiger charge is -2.46. The van der Waals surface area contributed by atoms with Crippen LogP contribution in [0.2, 0.25) is 10.0 Å². The molecule has 3 heterocycles. The van der Waals surface area contributed by atoms with Gasteiger partial charge in [0.15, 0.2) is 0 Å². The molecule has 0 spiro atoms. The molecule has 1 fully saturated rings. The summed E-state index contributed by atoms with van der Waals surface area (Å²) in [6.45, 7) is 2.58. The summed E-state index contributed by atoms with van der Waals surface area (Å²) >= 11 is 11.9. The number of benzene rings is 4. The van der Waals surface area contributed by atoms with Crippen molar-refractivity contribution < 1.29 is 41.4 Å². The number of carboxylic acid groups (broad SMARTS) is 2. The molecule has 20 heteroatoms. The molecule has 0 radical (unpaired) electrons. The number of likely N-dealkylation sites (tertiary alicyclic amines) is 1. The van der Waals surface area contributed by atoms with Crippen molar-refractivity contribution in [2.24, 2.45) is 0 Å². The minimum absolute atomic E-state index is 0.128. The summed E-state index contributed by atoms with van der Waals surface area (Å²) in [6.07, 6.45) is 4.49. The molecule has 4 aromatic carbocycles. The van der Waals surface area contributed by atoms with E-state index < -0.39 is 32.0 Å². The molecule has 6 aromatic rings. The highest BCUT2D eigenvalue weighted by Gasteiger charge is 2.37. The Kier molecular flexibility index (Phi) is 10.7. The van der Waals surface area contributed by atoms with Crippen molar-refractivity contribution in [3.8, 4) is 17.1 Å². The van der Waals surface area contributed by atoms with E-state index >= 15 is 0 Å². The van der Waals surface area contributed by atoms with Gasteiger partial charge in [0.25, 0.3) is 20.0 Å². The van der Waals surface area contributed by atoms with Gasteiger partial charge in [-0.15, -0.1) is 0 Å². The van der Waals surface area contributed by atoms with Crippen molar-refractivity contribution in [3.05, 3.63) is 136 Å². The first kappa shape index (κ1) is 39.3. The number of hydrogen-bond donors (Lipinski definition) is 4. The molecule has 1 aliphatic heterocycles. The van der Waals surface area contributed by atoms with Crippen LogP contribution in [-0.4, -0.2) is 82.1 Å². The Bertz CT molecular complexity index is 2540. The van der Waals surface area contributed by atoms with Gasteiger partial charge in [-0.1, -0.05) is 29.3 Å². The Balaban J connectivity index is 0.985. The molecule has 57 heavy (non-hydrogen) atoms. The third kappa shape index (κ3) is 8.59. The molecule has 2 aromatic heterocycles. The highest BCUT2D eigenvalue weighted by atomic mass is 35.5. The number of carboxylic acids is 2. The summed E-state index contributed by atoms with van der Waals surface area (Å²) in [6, 6.07) is 21.4. The number of rotatable bonds is 14. The first-order chi connectivity index (χ1) is 27.1. The zero-order valence-electron chi connectivity index (χ0n) is 29.5. The highest BCUT2D eigenvalue weighted by molar-refractivity contribution is 7.93. The predicted molar refractivity (Wildman–Crippen MR) is 210 cm³/mol. The zero-order valence-corrected chi connectivity index (χ0v) is 32.7. The zero-order chi connectivity index (χ0) is 40.6. The molecule has 2 atom stereocenters. The topological polar surface area (TPSA) is 215 Å². The summed E-state index contributed by atoms with van der Waals surface area (Å²) in [7, 11) is -8.44. The summed E-state index contributed by atoms with van der Waals surface area (Å²) < 4.78 is 66.2. The Hall–Kier alpha value is -5.92. The van der Waals surface area contributed by atoms with E-state index in [-0.39, 0.29) is 50.2 Å². The summed E-state index contributed by atoms with van der Waals surface area (Å²) in [5.74, 6) is -2.52. The van der Waals surface area contributed by atoms with Crippen molar-refractivity contribution in [1.29, 1.82) is 0 Å². The summed E-state index contributed by atoms with van der Waals surface area (Å²) in [5.41, 5.74) is 0.844. The van der Waals surface area contributed by atoms with Crippen molar-refractivity contribution in [3.63, 3.8) is 0 Å². The second-order valence-electron chi connectivity index (χ2n) is 12.9. The van der Waals surface area contributed by atoms with E-state index in [0.29, 0.717) is 40.1 Å². The molecule has 4 N–H and O–H groups in total. The van der Waals surface area contributed by atoms with Crippen LogP contribution in [0.1, 0.15) is 33.2 Å². The number of hydrogen-bond acceptors (Lipinski definition) is 10. The number of carbonyl (C=O) groups is 2. The Morgan fingerprint density at radius 1 is 0.737 bits per heavy atom. The lowest BCUT2D eigenvalue weighted by molar-refractivity contribution is -0.0413. The van der Waals surface area contributed by atoms with Gasteiger partial charge in [-0.3, -0.25) is 14.3 Å². The third-order valence-corrected chi connectivity index (χ3v) is 12.3. The van der Waals surface area contributed by atoms with Gasteiger partial charge in [-0.25, -0.2) is 35.8 Å². The van der Waals surface area contributed by atoms with Crippen molar-refractivity contribution >= 4 is 66.6 Å². The SMILES string of the molecule is C[C@@H]1[C@H](Oc2ccc(NS(=O)(=O)c3cnn(-c4ccc(Cl)cc4)c3)c(C(=O)O)c2)CN1Cc1ccc(NS(=O)(=O)c2cnn(-c3ccc(Cl)cc3)c2)c(C(=O)O)c1. The second kappa shape index (κ2) is 15.5. The van der Waals surface area contributed by atoms with E-state index in [2.05, 4.69) is 19.6 Å². The number of nitrogens with zero attached hydrogens (tertiary/aromatic N) is 5. The standard InChI is InChI=1S/C37H31Cl2N7O9S2/c1-22-35(55-28-11-13-34(32(15-28)37(49)50)43-57(53,54)30-17-41-46(20-30)27-9-5-25(39)6-10-27)21-44(22)18-23-2-12-33(31(14-23)36(47)48)42-56(51,52)29-16-40-45(19-29)26-7-3-24(38)4-8-26/h2-17,19-20,22,35,42-43H,18,21H2,1H3,(H,47,48)(H,49,50)/t22-,35-/m1/s1. The van der Waals surface area contributed by atoms with E-state index in [1.807, 2.05) is 11.8 Å². The van der Waals surface area contributed by atoms with Crippen LogP contribution in [0.4, 0.5) is 11.4 Å². The molecule has 0 bridgehead atoms. The maximum absolute atomic E-state index is 13.2. The van der Waals surface area contributed by atoms with Crippen LogP contribution in [-0.2, 0) is 26.6 Å². The van der Waals surface area contributed by atoms with Crippen LogP contribution in [0.5, 0.6) is 5.75 Å². The average molecular weight is 853 g/mol. The number of sulfonamides is 2. The van der Waals surface area contributed by atoms with Crippen LogP contribution in [0.3, 0.4) is 0 Å². The van der Waals surface area contributed by atoms with Gasteiger partial charge < -0.3 is 14.9 Å². The Labute approximate surface area is 335 Å². The average Bonchev–Trinajstić information content (AvgIpc) is 3.88. The number of ether oxygens (including phenoxy) is 1. The van der Waals surface area contributed by atoms with Gasteiger partial charge in [-0.05, 0) is 91.3 Å². The molecule has 294 valence electrons. The van der Waals surface area contributed by atoms with Gasteiger partial charge in [0.1, 0.15) is 21.6 Å². The van der Waals surface area contributed by atoms with Crippen molar-refractivity contribution in [2.45, 2.75) is 35.4 Å². The minimum atomic E-state index is -4.23. The maximum atomic E-state index is 13.2. The van der Waals surface area contributed by atoms with Crippen LogP contribution < -0.4 is 14.2 Å². The van der Waals surface area contributed by atoms with Crippen LogP contribution in [0, 0.1) is 0 Å². The van der Waals surface area contributed by atoms with E-state index in [1.165, 1.54) is 52.1 Å². The number of aromatic carboxylic acids is 2. The predicted octanol–water partition coefficient (Wildman–Crippen LogP) is 6.01. The number of halogens is 2. The first-order valence-corrected chi connectivity index (χ1v) is 20.6. The summed E-state index contributed by atoms with van der Waals surface area (Å²) in [5, 5.41) is 29.1. The van der Waals surface area contributed by atoms with Crippen LogP contribution in [0.15, 0.2) is 120 Å². The van der Waals surface area contributed by atoms with E-state index in [4.69, 9.17) is 27.9 Å². The van der Waals surface area contributed by atoms with Gasteiger partial charge >= 0.3 is 11.9 Å². The number of aromatic nitrogens is 4. The van der Waals surface area contributed by atoms with Crippen molar-refractivity contribution in [2.75, 3.05) is 16.0 Å². The molecule has 0 aliphatic carbocycles. The minimum Gasteiger partial charge on any atom is -0.487 e.